The van der Waals surface area contributed by atoms with Gasteiger partial charge in [-0.2, -0.15) is 11.8 Å². The summed E-state index contributed by atoms with van der Waals surface area (Å²) in [4.78, 5) is 2.07. The van der Waals surface area contributed by atoms with Crippen LogP contribution in [0.2, 0.25) is 0 Å². The van der Waals surface area contributed by atoms with Crippen LogP contribution in [0.1, 0.15) is 33.1 Å². The zero-order valence-electron chi connectivity index (χ0n) is 11.9. The minimum Gasteiger partial charge on any atom is -0.407 e. The summed E-state index contributed by atoms with van der Waals surface area (Å²) in [5.41, 5.74) is 0. The van der Waals surface area contributed by atoms with Gasteiger partial charge in [-0.05, 0) is 12.7 Å². The molecule has 0 radical (unpaired) electrons. The topological polar surface area (TPSA) is 54.2 Å². The summed E-state index contributed by atoms with van der Waals surface area (Å²) < 4.78 is 5.66. The van der Waals surface area contributed by atoms with Crippen molar-refractivity contribution in [2.45, 2.75) is 45.8 Å². The van der Waals surface area contributed by atoms with Crippen molar-refractivity contribution in [3.05, 3.63) is 5.89 Å². The third kappa shape index (κ3) is 4.49. The predicted molar refractivity (Wildman–Crippen MR) is 77.1 cm³/mol. The van der Waals surface area contributed by atoms with Gasteiger partial charge in [0.05, 0.1) is 6.54 Å². The second-order valence-corrected chi connectivity index (χ2v) is 5.55. The highest BCUT2D eigenvalue weighted by Gasteiger charge is 2.18. The number of nitrogens with zero attached hydrogens (tertiary/aromatic N) is 3. The Morgan fingerprint density at radius 3 is 2.67 bits per heavy atom. The van der Waals surface area contributed by atoms with E-state index in [0.29, 0.717) is 30.5 Å². The number of anilines is 1. The molecule has 0 fully saturated rings. The zero-order chi connectivity index (χ0) is 13.5. The highest BCUT2D eigenvalue weighted by molar-refractivity contribution is 7.98. The van der Waals surface area contributed by atoms with Gasteiger partial charge in [-0.3, -0.25) is 0 Å². The number of hydrogen-bond donors (Lipinski definition) is 1. The van der Waals surface area contributed by atoms with Gasteiger partial charge in [0.25, 0.3) is 0 Å². The maximum absolute atomic E-state index is 5.66. The van der Waals surface area contributed by atoms with Crippen LogP contribution in [0.5, 0.6) is 0 Å². The molecule has 1 N–H and O–H groups in total. The Labute approximate surface area is 114 Å². The van der Waals surface area contributed by atoms with Crippen molar-refractivity contribution in [1.82, 2.24) is 15.5 Å². The Bertz CT molecular complexity index is 343. The normalized spacial score (nSPS) is 13.0. The lowest BCUT2D eigenvalue weighted by molar-refractivity contribution is 0.442. The van der Waals surface area contributed by atoms with E-state index in [1.807, 2.05) is 18.8 Å². The van der Waals surface area contributed by atoms with Crippen molar-refractivity contribution in [3.63, 3.8) is 0 Å². The molecule has 1 heterocycles. The van der Waals surface area contributed by atoms with E-state index in [1.54, 1.807) is 0 Å². The molecule has 18 heavy (non-hydrogen) atoms. The van der Waals surface area contributed by atoms with Crippen LogP contribution in [0.15, 0.2) is 4.42 Å². The number of thioether (sulfide) groups is 1. The Hall–Kier alpha value is -0.750. The summed E-state index contributed by atoms with van der Waals surface area (Å²) in [5.74, 6) is 1.71. The largest absolute Gasteiger partial charge is 0.407 e. The first-order chi connectivity index (χ1) is 8.58. The van der Waals surface area contributed by atoms with Gasteiger partial charge in [0.1, 0.15) is 0 Å². The van der Waals surface area contributed by atoms with Gasteiger partial charge in [-0.15, -0.1) is 5.10 Å². The Kier molecular flexibility index (Phi) is 6.49. The zero-order valence-corrected chi connectivity index (χ0v) is 12.8. The SMILES string of the molecule is CCC(CSC)N(C)c1nnc(CNC(C)C)o1. The number of nitrogens with one attached hydrogen (secondary N) is 1. The maximum atomic E-state index is 5.66. The highest BCUT2D eigenvalue weighted by Crippen LogP contribution is 2.17. The molecule has 1 rings (SSSR count). The molecule has 0 amide bonds. The lowest BCUT2D eigenvalue weighted by atomic mass is 10.2. The van der Waals surface area contributed by atoms with Crippen LogP contribution >= 0.6 is 11.8 Å². The molecule has 1 atom stereocenters. The van der Waals surface area contributed by atoms with Crippen LogP contribution < -0.4 is 10.2 Å². The molecule has 5 nitrogen and oxygen atoms in total. The average molecular weight is 272 g/mol. The maximum Gasteiger partial charge on any atom is 0.318 e. The summed E-state index contributed by atoms with van der Waals surface area (Å²) >= 11 is 1.83. The molecule has 1 aromatic rings. The predicted octanol–water partition coefficient (Wildman–Crippen LogP) is 2.15. The molecule has 0 spiro atoms. The highest BCUT2D eigenvalue weighted by atomic mass is 32.2. The van der Waals surface area contributed by atoms with Crippen molar-refractivity contribution in [2.24, 2.45) is 0 Å². The van der Waals surface area contributed by atoms with Gasteiger partial charge in [0.15, 0.2) is 0 Å². The smallest absolute Gasteiger partial charge is 0.318 e. The van der Waals surface area contributed by atoms with E-state index in [-0.39, 0.29) is 0 Å². The number of rotatable bonds is 8. The second-order valence-electron chi connectivity index (χ2n) is 4.64. The lowest BCUT2D eigenvalue weighted by Gasteiger charge is -2.24. The molecule has 0 aliphatic carbocycles. The van der Waals surface area contributed by atoms with E-state index in [0.717, 1.165) is 12.2 Å². The van der Waals surface area contributed by atoms with Gasteiger partial charge in [0.2, 0.25) is 5.89 Å². The van der Waals surface area contributed by atoms with Crippen molar-refractivity contribution >= 4 is 17.8 Å². The third-order valence-corrected chi connectivity index (χ3v) is 3.52. The molecule has 104 valence electrons. The van der Waals surface area contributed by atoms with E-state index in [2.05, 4.69) is 47.4 Å². The van der Waals surface area contributed by atoms with Gasteiger partial charge in [-0.1, -0.05) is 25.9 Å². The second kappa shape index (κ2) is 7.63. The fraction of sp³-hybridized carbons (Fsp3) is 0.833. The minimum atomic E-state index is 0.415. The molecule has 0 bridgehead atoms. The van der Waals surface area contributed by atoms with Crippen molar-refractivity contribution in [3.8, 4) is 0 Å². The molecule has 0 aliphatic rings. The molecule has 0 saturated carbocycles. The van der Waals surface area contributed by atoms with Crippen molar-refractivity contribution < 1.29 is 4.42 Å². The van der Waals surface area contributed by atoms with Gasteiger partial charge >= 0.3 is 6.01 Å². The molecule has 1 aromatic heterocycles. The van der Waals surface area contributed by atoms with Crippen molar-refractivity contribution in [1.29, 1.82) is 0 Å². The molecular formula is C12H24N4OS. The summed E-state index contributed by atoms with van der Waals surface area (Å²) in [6.45, 7) is 6.98. The fourth-order valence-electron chi connectivity index (χ4n) is 1.60. The Morgan fingerprint density at radius 2 is 2.11 bits per heavy atom. The van der Waals surface area contributed by atoms with E-state index in [4.69, 9.17) is 4.42 Å². The monoisotopic (exact) mass is 272 g/mol. The van der Waals surface area contributed by atoms with Crippen molar-refractivity contribution in [2.75, 3.05) is 24.0 Å². The van der Waals surface area contributed by atoms with Crippen LogP contribution in [0, 0.1) is 0 Å². The summed E-state index contributed by atoms with van der Waals surface area (Å²) in [5, 5.41) is 11.4. The first-order valence-corrected chi connectivity index (χ1v) is 7.75. The molecule has 6 heteroatoms. The van der Waals surface area contributed by atoms with Crippen LogP contribution in [0.25, 0.3) is 0 Å². The third-order valence-electron chi connectivity index (χ3n) is 2.80. The van der Waals surface area contributed by atoms with E-state index in [9.17, 15) is 0 Å². The molecule has 0 aromatic carbocycles. The van der Waals surface area contributed by atoms with Crippen LogP contribution in [-0.2, 0) is 6.54 Å². The van der Waals surface area contributed by atoms with Crippen LogP contribution in [0.4, 0.5) is 6.01 Å². The standard InChI is InChI=1S/C12H24N4OS/c1-6-10(8-18-5)16(4)12-15-14-11(17-12)7-13-9(2)3/h9-10,13H,6-8H2,1-5H3. The number of hydrogen-bond acceptors (Lipinski definition) is 6. The van der Waals surface area contributed by atoms with Gasteiger partial charge < -0.3 is 14.6 Å². The van der Waals surface area contributed by atoms with Crippen LogP contribution in [0.3, 0.4) is 0 Å². The molecule has 1 unspecified atom stereocenters. The van der Waals surface area contributed by atoms with Crippen LogP contribution in [-0.4, -0.2) is 41.3 Å². The molecule has 0 saturated heterocycles. The Morgan fingerprint density at radius 1 is 1.39 bits per heavy atom. The quantitative estimate of drug-likeness (QED) is 0.782. The fourth-order valence-corrected chi connectivity index (χ4v) is 2.45. The van der Waals surface area contributed by atoms with Gasteiger partial charge in [-0.25, -0.2) is 0 Å². The first kappa shape index (κ1) is 15.3. The van der Waals surface area contributed by atoms with Gasteiger partial charge in [0, 0.05) is 24.9 Å². The summed E-state index contributed by atoms with van der Waals surface area (Å²) in [7, 11) is 2.01. The van der Waals surface area contributed by atoms with E-state index < -0.39 is 0 Å². The summed E-state index contributed by atoms with van der Waals surface area (Å²) in [6, 6.07) is 1.46. The average Bonchev–Trinajstić information content (AvgIpc) is 2.81. The molecule has 0 aliphatic heterocycles. The summed E-state index contributed by atoms with van der Waals surface area (Å²) in [6.07, 6.45) is 3.18. The minimum absolute atomic E-state index is 0.415. The van der Waals surface area contributed by atoms with E-state index in [1.165, 1.54) is 0 Å². The number of aromatic nitrogens is 2. The first-order valence-electron chi connectivity index (χ1n) is 6.36. The Balaban J connectivity index is 2.60. The van der Waals surface area contributed by atoms with E-state index >= 15 is 0 Å². The molecular weight excluding hydrogens is 248 g/mol. The lowest BCUT2D eigenvalue weighted by Crippen LogP contribution is -2.33.